The molecular formula is C20H22BrNO3. The monoisotopic (exact) mass is 403 g/mol. The van der Waals surface area contributed by atoms with Crippen LogP contribution in [0.1, 0.15) is 31.7 Å². The van der Waals surface area contributed by atoms with Gasteiger partial charge < -0.3 is 14.8 Å². The summed E-state index contributed by atoms with van der Waals surface area (Å²) in [5, 5.41) is 3.01. The molecule has 2 unspecified atom stereocenters. The maximum atomic E-state index is 12.6. The van der Waals surface area contributed by atoms with Crippen molar-refractivity contribution >= 4 is 27.5 Å². The Morgan fingerprint density at radius 3 is 2.68 bits per heavy atom. The van der Waals surface area contributed by atoms with Gasteiger partial charge in [0.05, 0.1) is 18.9 Å². The molecule has 2 atom stereocenters. The average molecular weight is 404 g/mol. The molecule has 0 bridgehead atoms. The lowest BCUT2D eigenvalue weighted by atomic mass is 10.1. The zero-order valence-corrected chi connectivity index (χ0v) is 16.0. The first kappa shape index (κ1) is 17.8. The minimum absolute atomic E-state index is 0.000439. The summed E-state index contributed by atoms with van der Waals surface area (Å²) in [5.41, 5.74) is 1.86. The summed E-state index contributed by atoms with van der Waals surface area (Å²) in [5.74, 6) is 1.70. The van der Waals surface area contributed by atoms with Gasteiger partial charge in [-0.3, -0.25) is 4.79 Å². The Morgan fingerprint density at radius 1 is 1.16 bits per heavy atom. The van der Waals surface area contributed by atoms with Gasteiger partial charge >= 0.3 is 0 Å². The minimum Gasteiger partial charge on any atom is -0.494 e. The Labute approximate surface area is 156 Å². The number of carbonyl (C=O) groups excluding carboxylic acids is 1. The molecule has 0 aliphatic heterocycles. The summed E-state index contributed by atoms with van der Waals surface area (Å²) in [7, 11) is 0. The number of hydrogen-bond donors (Lipinski definition) is 1. The number of anilines is 1. The van der Waals surface area contributed by atoms with Crippen molar-refractivity contribution in [2.75, 3.05) is 18.5 Å². The van der Waals surface area contributed by atoms with Gasteiger partial charge in [0.25, 0.3) is 0 Å². The Kier molecular flexibility index (Phi) is 5.63. The summed E-state index contributed by atoms with van der Waals surface area (Å²) < 4.78 is 12.2. The summed E-state index contributed by atoms with van der Waals surface area (Å²) in [6, 6.07) is 13.7. The van der Waals surface area contributed by atoms with Crippen LogP contribution in [0, 0.1) is 5.92 Å². The maximum Gasteiger partial charge on any atom is 0.228 e. The fraction of sp³-hybridized carbons (Fsp3) is 0.350. The van der Waals surface area contributed by atoms with Gasteiger partial charge in [0.15, 0.2) is 0 Å². The topological polar surface area (TPSA) is 47.6 Å². The standard InChI is InChI=1S/C20H22BrNO3/c1-3-24-15-8-9-19(25-4-2)18(11-15)22-20(23)17-12-16(17)13-6-5-7-14(21)10-13/h5-11,16-17H,3-4,12H2,1-2H3,(H,22,23). The molecule has 0 heterocycles. The van der Waals surface area contributed by atoms with E-state index >= 15 is 0 Å². The molecule has 0 aromatic heterocycles. The van der Waals surface area contributed by atoms with Crippen LogP contribution in [-0.2, 0) is 4.79 Å². The van der Waals surface area contributed by atoms with Gasteiger partial charge in [0, 0.05) is 16.5 Å². The summed E-state index contributed by atoms with van der Waals surface area (Å²) in [6.07, 6.45) is 0.872. The zero-order chi connectivity index (χ0) is 17.8. The molecular weight excluding hydrogens is 382 g/mol. The van der Waals surface area contributed by atoms with E-state index in [9.17, 15) is 4.79 Å². The summed E-state index contributed by atoms with van der Waals surface area (Å²) >= 11 is 3.49. The number of halogens is 1. The third-order valence-corrected chi connectivity index (χ3v) is 4.72. The SMILES string of the molecule is CCOc1ccc(OCC)c(NC(=O)C2CC2c2cccc(Br)c2)c1. The lowest BCUT2D eigenvalue weighted by Gasteiger charge is -2.13. The van der Waals surface area contributed by atoms with Crippen LogP contribution in [0.15, 0.2) is 46.9 Å². The second-order valence-corrected chi connectivity index (χ2v) is 6.93. The highest BCUT2D eigenvalue weighted by molar-refractivity contribution is 9.10. The van der Waals surface area contributed by atoms with Crippen LogP contribution < -0.4 is 14.8 Å². The molecule has 132 valence electrons. The molecule has 1 aliphatic carbocycles. The Bertz CT molecular complexity index is 762. The molecule has 1 aliphatic rings. The molecule has 1 N–H and O–H groups in total. The van der Waals surface area contributed by atoms with Crippen molar-refractivity contribution in [1.82, 2.24) is 0 Å². The first-order chi connectivity index (χ1) is 12.1. The third kappa shape index (κ3) is 4.34. The van der Waals surface area contributed by atoms with Crippen LogP contribution in [0.5, 0.6) is 11.5 Å². The normalized spacial score (nSPS) is 18.5. The van der Waals surface area contributed by atoms with E-state index in [0.717, 1.165) is 16.6 Å². The highest BCUT2D eigenvalue weighted by Crippen LogP contribution is 2.48. The van der Waals surface area contributed by atoms with E-state index in [1.165, 1.54) is 5.56 Å². The van der Waals surface area contributed by atoms with Crippen LogP contribution >= 0.6 is 15.9 Å². The zero-order valence-electron chi connectivity index (χ0n) is 14.4. The fourth-order valence-corrected chi connectivity index (χ4v) is 3.38. The van der Waals surface area contributed by atoms with Crippen LogP contribution in [-0.4, -0.2) is 19.1 Å². The van der Waals surface area contributed by atoms with Crippen LogP contribution in [0.25, 0.3) is 0 Å². The van der Waals surface area contributed by atoms with Crippen molar-refractivity contribution in [3.8, 4) is 11.5 Å². The first-order valence-electron chi connectivity index (χ1n) is 8.58. The van der Waals surface area contributed by atoms with Crippen LogP contribution in [0.4, 0.5) is 5.69 Å². The number of carbonyl (C=O) groups is 1. The van der Waals surface area contributed by atoms with Crippen LogP contribution in [0.2, 0.25) is 0 Å². The molecule has 2 aromatic rings. The molecule has 0 radical (unpaired) electrons. The molecule has 5 heteroatoms. The minimum atomic E-state index is -0.000439. The van der Waals surface area contributed by atoms with Gasteiger partial charge in [-0.05, 0) is 56.0 Å². The van der Waals surface area contributed by atoms with E-state index in [4.69, 9.17) is 9.47 Å². The number of nitrogens with one attached hydrogen (secondary N) is 1. The number of rotatable bonds is 7. The Hall–Kier alpha value is -2.01. The molecule has 1 saturated carbocycles. The van der Waals surface area contributed by atoms with Crippen molar-refractivity contribution in [2.24, 2.45) is 5.92 Å². The summed E-state index contributed by atoms with van der Waals surface area (Å²) in [4.78, 5) is 12.6. The van der Waals surface area contributed by atoms with Crippen molar-refractivity contribution < 1.29 is 14.3 Å². The van der Waals surface area contributed by atoms with Gasteiger partial charge in [-0.15, -0.1) is 0 Å². The quantitative estimate of drug-likeness (QED) is 0.708. The average Bonchev–Trinajstić information content (AvgIpc) is 3.38. The fourth-order valence-electron chi connectivity index (χ4n) is 2.96. The first-order valence-corrected chi connectivity index (χ1v) is 9.37. The predicted molar refractivity (Wildman–Crippen MR) is 102 cm³/mol. The van der Waals surface area contributed by atoms with E-state index in [1.54, 1.807) is 0 Å². The molecule has 25 heavy (non-hydrogen) atoms. The van der Waals surface area contributed by atoms with Gasteiger partial charge in [-0.1, -0.05) is 28.1 Å². The predicted octanol–water partition coefficient (Wildman–Crippen LogP) is 4.99. The molecule has 4 nitrogen and oxygen atoms in total. The van der Waals surface area contributed by atoms with E-state index in [-0.39, 0.29) is 17.7 Å². The molecule has 3 rings (SSSR count). The molecule has 1 amide bonds. The second-order valence-electron chi connectivity index (χ2n) is 6.02. The number of hydrogen-bond acceptors (Lipinski definition) is 3. The van der Waals surface area contributed by atoms with Crippen molar-refractivity contribution in [3.63, 3.8) is 0 Å². The molecule has 0 saturated heterocycles. The number of ether oxygens (including phenoxy) is 2. The van der Waals surface area contributed by atoms with Gasteiger partial charge in [-0.25, -0.2) is 0 Å². The van der Waals surface area contributed by atoms with Crippen LogP contribution in [0.3, 0.4) is 0 Å². The smallest absolute Gasteiger partial charge is 0.228 e. The van der Waals surface area contributed by atoms with Gasteiger partial charge in [0.2, 0.25) is 5.91 Å². The lowest BCUT2D eigenvalue weighted by molar-refractivity contribution is -0.117. The van der Waals surface area contributed by atoms with E-state index < -0.39 is 0 Å². The van der Waals surface area contributed by atoms with E-state index in [1.807, 2.05) is 44.2 Å². The molecule has 1 fully saturated rings. The third-order valence-electron chi connectivity index (χ3n) is 4.22. The number of amides is 1. The van der Waals surface area contributed by atoms with Crippen molar-refractivity contribution in [3.05, 3.63) is 52.5 Å². The van der Waals surface area contributed by atoms with Crippen molar-refractivity contribution in [1.29, 1.82) is 0 Å². The van der Waals surface area contributed by atoms with Crippen molar-refractivity contribution in [2.45, 2.75) is 26.2 Å². The highest BCUT2D eigenvalue weighted by Gasteiger charge is 2.44. The lowest BCUT2D eigenvalue weighted by Crippen LogP contribution is -2.15. The summed E-state index contributed by atoms with van der Waals surface area (Å²) in [6.45, 7) is 4.98. The maximum absolute atomic E-state index is 12.6. The molecule has 2 aromatic carbocycles. The van der Waals surface area contributed by atoms with E-state index in [0.29, 0.717) is 24.7 Å². The highest BCUT2D eigenvalue weighted by atomic mass is 79.9. The largest absolute Gasteiger partial charge is 0.494 e. The number of benzene rings is 2. The second kappa shape index (κ2) is 7.91. The Morgan fingerprint density at radius 2 is 1.96 bits per heavy atom. The van der Waals surface area contributed by atoms with Gasteiger partial charge in [0.1, 0.15) is 11.5 Å². The van der Waals surface area contributed by atoms with Gasteiger partial charge in [-0.2, -0.15) is 0 Å². The van der Waals surface area contributed by atoms with E-state index in [2.05, 4.69) is 33.4 Å². The molecule has 0 spiro atoms. The Balaban J connectivity index is 1.71.